The second kappa shape index (κ2) is 4.56. The Bertz CT molecular complexity index is 627. The minimum absolute atomic E-state index is 0.326. The Balaban J connectivity index is 1.83. The van der Waals surface area contributed by atoms with Gasteiger partial charge in [0.2, 0.25) is 0 Å². The third kappa shape index (κ3) is 1.62. The molecule has 3 aliphatic rings. The molecular weight excluding hydrogens is 280 g/mol. The molecule has 3 atom stereocenters. The van der Waals surface area contributed by atoms with E-state index in [1.54, 1.807) is 0 Å². The molecule has 2 fully saturated rings. The molecule has 4 nitrogen and oxygen atoms in total. The van der Waals surface area contributed by atoms with Crippen molar-refractivity contribution >= 4 is 5.97 Å². The van der Waals surface area contributed by atoms with Crippen LogP contribution in [0.5, 0.6) is 0 Å². The van der Waals surface area contributed by atoms with Gasteiger partial charge in [-0.15, -0.1) is 0 Å². The van der Waals surface area contributed by atoms with Crippen LogP contribution in [-0.4, -0.2) is 24.0 Å². The molecule has 4 heteroatoms. The molecule has 0 radical (unpaired) electrons. The molecule has 4 rings (SSSR count). The van der Waals surface area contributed by atoms with Crippen molar-refractivity contribution in [3.8, 4) is 0 Å². The van der Waals surface area contributed by atoms with Crippen LogP contribution in [0.4, 0.5) is 0 Å². The number of benzene rings is 1. The molecule has 0 bridgehead atoms. The van der Waals surface area contributed by atoms with E-state index in [0.717, 1.165) is 31.2 Å². The monoisotopic (exact) mass is 302 g/mol. The largest absolute Gasteiger partial charge is 0.468 e. The van der Waals surface area contributed by atoms with Crippen molar-refractivity contribution in [1.29, 1.82) is 0 Å². The van der Waals surface area contributed by atoms with E-state index in [1.807, 2.05) is 12.1 Å². The van der Waals surface area contributed by atoms with E-state index in [1.165, 1.54) is 12.7 Å². The van der Waals surface area contributed by atoms with Gasteiger partial charge in [-0.25, -0.2) is 0 Å². The van der Waals surface area contributed by atoms with E-state index in [4.69, 9.17) is 9.47 Å². The van der Waals surface area contributed by atoms with E-state index < -0.39 is 16.8 Å². The van der Waals surface area contributed by atoms with Gasteiger partial charge in [0.25, 0.3) is 0 Å². The highest BCUT2D eigenvalue weighted by atomic mass is 16.7. The molecule has 1 aliphatic heterocycles. The van der Waals surface area contributed by atoms with Gasteiger partial charge in [-0.2, -0.15) is 0 Å². The first kappa shape index (κ1) is 14.2. The number of carbonyl (C=O) groups excluding carboxylic acids is 1. The number of esters is 1. The van der Waals surface area contributed by atoms with Crippen LogP contribution in [0.1, 0.15) is 49.7 Å². The fourth-order valence-electron chi connectivity index (χ4n) is 4.99. The smallest absolute Gasteiger partial charge is 0.317 e. The Labute approximate surface area is 130 Å². The fourth-order valence-corrected chi connectivity index (χ4v) is 4.99. The van der Waals surface area contributed by atoms with Crippen molar-refractivity contribution in [2.45, 2.75) is 56.3 Å². The van der Waals surface area contributed by atoms with Crippen molar-refractivity contribution in [3.05, 3.63) is 35.4 Å². The molecule has 1 saturated heterocycles. The molecule has 1 saturated carbocycles. The predicted molar refractivity (Wildman–Crippen MR) is 80.0 cm³/mol. The van der Waals surface area contributed by atoms with E-state index in [-0.39, 0.29) is 5.97 Å². The Morgan fingerprint density at radius 2 is 2.05 bits per heavy atom. The van der Waals surface area contributed by atoms with Gasteiger partial charge in [0, 0.05) is 12.8 Å². The predicted octanol–water partition coefficient (Wildman–Crippen LogP) is 2.67. The highest BCUT2D eigenvalue weighted by Crippen LogP contribution is 2.64. The highest BCUT2D eigenvalue weighted by molar-refractivity contribution is 5.79. The first-order valence-electron chi connectivity index (χ1n) is 8.15. The number of rotatable bonds is 1. The Hall–Kier alpha value is -1.39. The minimum Gasteiger partial charge on any atom is -0.468 e. The molecule has 1 N–H and O–H groups in total. The maximum Gasteiger partial charge on any atom is 0.317 e. The van der Waals surface area contributed by atoms with Crippen LogP contribution in [0.3, 0.4) is 0 Å². The second-order valence-corrected chi connectivity index (χ2v) is 7.00. The molecule has 118 valence electrons. The van der Waals surface area contributed by atoms with Crippen LogP contribution in [0.2, 0.25) is 0 Å². The first-order chi connectivity index (χ1) is 10.6. The van der Waals surface area contributed by atoms with Crippen LogP contribution in [0.15, 0.2) is 24.3 Å². The lowest BCUT2D eigenvalue weighted by Gasteiger charge is -2.37. The summed E-state index contributed by atoms with van der Waals surface area (Å²) in [6.45, 7) is 0. The molecule has 22 heavy (non-hydrogen) atoms. The summed E-state index contributed by atoms with van der Waals surface area (Å²) in [7, 11) is 1.40. The number of hydrogen-bond acceptors (Lipinski definition) is 4. The SMILES string of the molecule is COC(=O)[C@]12CCC[C@@]1(O)O[C@@]1(CCCc3ccccc31)C2. The van der Waals surface area contributed by atoms with E-state index >= 15 is 0 Å². The quantitative estimate of drug-likeness (QED) is 0.810. The van der Waals surface area contributed by atoms with Crippen LogP contribution < -0.4 is 0 Å². The molecule has 0 amide bonds. The number of aliphatic hydroxyl groups is 1. The van der Waals surface area contributed by atoms with Crippen molar-refractivity contribution in [3.63, 3.8) is 0 Å². The van der Waals surface area contributed by atoms with Gasteiger partial charge >= 0.3 is 5.97 Å². The molecule has 1 aromatic carbocycles. The van der Waals surface area contributed by atoms with Crippen molar-refractivity contribution < 1.29 is 19.4 Å². The third-order valence-corrected chi connectivity index (χ3v) is 5.93. The number of fused-ring (bicyclic) bond motifs is 3. The molecule has 1 aromatic rings. The summed E-state index contributed by atoms with van der Waals surface area (Å²) in [6, 6.07) is 8.27. The molecule has 1 heterocycles. The van der Waals surface area contributed by atoms with Gasteiger partial charge in [0.1, 0.15) is 5.41 Å². The van der Waals surface area contributed by atoms with Gasteiger partial charge < -0.3 is 14.6 Å². The van der Waals surface area contributed by atoms with Crippen LogP contribution >= 0.6 is 0 Å². The van der Waals surface area contributed by atoms with E-state index in [2.05, 4.69) is 12.1 Å². The van der Waals surface area contributed by atoms with Crippen molar-refractivity contribution in [2.24, 2.45) is 5.41 Å². The topological polar surface area (TPSA) is 55.8 Å². The summed E-state index contributed by atoms with van der Waals surface area (Å²) >= 11 is 0. The lowest BCUT2D eigenvalue weighted by Crippen LogP contribution is -2.46. The average Bonchev–Trinajstić information content (AvgIpc) is 2.95. The van der Waals surface area contributed by atoms with Gasteiger partial charge in [0.05, 0.1) is 12.7 Å². The molecule has 2 aliphatic carbocycles. The summed E-state index contributed by atoms with van der Waals surface area (Å²) < 4.78 is 11.4. The summed E-state index contributed by atoms with van der Waals surface area (Å²) in [6.07, 6.45) is 5.37. The standard InChI is InChI=1S/C18H22O4/c1-21-15(19)16-9-5-11-18(16,20)22-17(12-16)10-4-7-13-6-2-3-8-14(13)17/h2-3,6,8,20H,4-5,7,9-12H2,1H3/t16-,17+,18-/m1/s1. The van der Waals surface area contributed by atoms with Crippen LogP contribution in [0, 0.1) is 5.41 Å². The lowest BCUT2D eigenvalue weighted by atomic mass is 9.70. The summed E-state index contributed by atoms with van der Waals surface area (Å²) in [5.74, 6) is -1.71. The Morgan fingerprint density at radius 3 is 2.86 bits per heavy atom. The third-order valence-electron chi connectivity index (χ3n) is 5.93. The van der Waals surface area contributed by atoms with E-state index in [9.17, 15) is 9.90 Å². The normalized spacial score (nSPS) is 39.5. The fraction of sp³-hybridized carbons (Fsp3) is 0.611. The number of aryl methyl sites for hydroxylation is 1. The number of ether oxygens (including phenoxy) is 2. The Kier molecular flexibility index (Phi) is 2.94. The average molecular weight is 302 g/mol. The molecule has 0 unspecified atom stereocenters. The summed E-state index contributed by atoms with van der Waals surface area (Å²) in [5.41, 5.74) is 0.967. The minimum atomic E-state index is -1.38. The maximum absolute atomic E-state index is 12.5. The van der Waals surface area contributed by atoms with Crippen molar-refractivity contribution in [2.75, 3.05) is 7.11 Å². The zero-order chi connectivity index (χ0) is 15.4. The number of carbonyl (C=O) groups is 1. The van der Waals surface area contributed by atoms with Gasteiger partial charge in [0.15, 0.2) is 5.79 Å². The molecule has 0 aromatic heterocycles. The summed E-state index contributed by atoms with van der Waals surface area (Å²) in [4.78, 5) is 12.5. The summed E-state index contributed by atoms with van der Waals surface area (Å²) in [5, 5.41) is 11.1. The number of hydrogen-bond donors (Lipinski definition) is 1. The van der Waals surface area contributed by atoms with E-state index in [0.29, 0.717) is 19.3 Å². The Morgan fingerprint density at radius 1 is 1.23 bits per heavy atom. The molecular formula is C18H22O4. The number of methoxy groups -OCH3 is 1. The first-order valence-corrected chi connectivity index (χ1v) is 8.15. The molecule has 1 spiro atoms. The van der Waals surface area contributed by atoms with Gasteiger partial charge in [-0.3, -0.25) is 4.79 Å². The van der Waals surface area contributed by atoms with Gasteiger partial charge in [-0.05, 0) is 43.2 Å². The zero-order valence-corrected chi connectivity index (χ0v) is 12.9. The van der Waals surface area contributed by atoms with Crippen molar-refractivity contribution in [1.82, 2.24) is 0 Å². The zero-order valence-electron chi connectivity index (χ0n) is 12.9. The van der Waals surface area contributed by atoms with Crippen LogP contribution in [0.25, 0.3) is 0 Å². The lowest BCUT2D eigenvalue weighted by molar-refractivity contribution is -0.255. The second-order valence-electron chi connectivity index (χ2n) is 7.00. The highest BCUT2D eigenvalue weighted by Gasteiger charge is 2.71. The van der Waals surface area contributed by atoms with Crippen LogP contribution in [-0.2, 0) is 26.3 Å². The maximum atomic E-state index is 12.5. The van der Waals surface area contributed by atoms with Gasteiger partial charge in [-0.1, -0.05) is 24.3 Å².